The van der Waals surface area contributed by atoms with Crippen molar-refractivity contribution in [3.05, 3.63) is 35.9 Å². The zero-order chi connectivity index (χ0) is 19.3. The number of amides is 2. The normalized spacial score (nSPS) is 22.6. The second-order valence-corrected chi connectivity index (χ2v) is 7.90. The molecule has 1 aromatic rings. The summed E-state index contributed by atoms with van der Waals surface area (Å²) in [5.41, 5.74) is 1.02. The molecule has 2 saturated heterocycles. The van der Waals surface area contributed by atoms with Gasteiger partial charge in [0.05, 0.1) is 19.8 Å². The summed E-state index contributed by atoms with van der Waals surface area (Å²) in [6.07, 6.45) is 2.16. The van der Waals surface area contributed by atoms with Crippen LogP contribution >= 0.6 is 0 Å². The Hall–Kier alpha value is -1.96. The van der Waals surface area contributed by atoms with Crippen molar-refractivity contribution in [2.24, 2.45) is 0 Å². The molecule has 7 heteroatoms. The maximum atomic E-state index is 12.9. The van der Waals surface area contributed by atoms with Gasteiger partial charge in [0, 0.05) is 45.3 Å². The van der Waals surface area contributed by atoms with Crippen LogP contribution in [0.25, 0.3) is 0 Å². The van der Waals surface area contributed by atoms with E-state index in [0.717, 1.165) is 31.5 Å². The molecule has 1 unspecified atom stereocenters. The van der Waals surface area contributed by atoms with Crippen molar-refractivity contribution < 1.29 is 14.3 Å². The van der Waals surface area contributed by atoms with Crippen molar-refractivity contribution in [3.63, 3.8) is 0 Å². The lowest BCUT2D eigenvalue weighted by atomic mass is 10.0. The Labute approximate surface area is 166 Å². The first kappa shape index (κ1) is 19.4. The first-order valence-electron chi connectivity index (χ1n) is 10.4. The van der Waals surface area contributed by atoms with Crippen molar-refractivity contribution in [1.82, 2.24) is 20.0 Å². The number of nitrogens with zero attached hydrogens (tertiary/aromatic N) is 3. The van der Waals surface area contributed by atoms with Gasteiger partial charge in [-0.15, -0.1) is 0 Å². The number of benzene rings is 1. The van der Waals surface area contributed by atoms with E-state index in [1.165, 1.54) is 0 Å². The number of hydrogen-bond donors (Lipinski definition) is 1. The summed E-state index contributed by atoms with van der Waals surface area (Å²) in [6, 6.07) is 10.0. The van der Waals surface area contributed by atoms with Crippen LogP contribution in [-0.2, 0) is 14.3 Å². The Kier molecular flexibility index (Phi) is 6.24. The highest BCUT2D eigenvalue weighted by molar-refractivity contribution is 5.84. The van der Waals surface area contributed by atoms with Gasteiger partial charge in [-0.1, -0.05) is 30.3 Å². The lowest BCUT2D eigenvalue weighted by Crippen LogP contribution is -2.54. The van der Waals surface area contributed by atoms with Crippen LogP contribution in [0.3, 0.4) is 0 Å². The summed E-state index contributed by atoms with van der Waals surface area (Å²) in [5.74, 6) is 0.266. The van der Waals surface area contributed by atoms with E-state index >= 15 is 0 Å². The molecule has 1 aromatic carbocycles. The van der Waals surface area contributed by atoms with Crippen LogP contribution in [0.4, 0.5) is 0 Å². The minimum atomic E-state index is -0.279. The average Bonchev–Trinajstić information content (AvgIpc) is 3.54. The molecule has 152 valence electrons. The number of carbonyl (C=O) groups excluding carboxylic acids is 2. The fourth-order valence-corrected chi connectivity index (χ4v) is 3.95. The van der Waals surface area contributed by atoms with Gasteiger partial charge in [-0.3, -0.25) is 19.4 Å². The van der Waals surface area contributed by atoms with E-state index in [2.05, 4.69) is 15.1 Å². The SMILES string of the molecule is O=C(NC1CC1)C(c1ccccc1)N1CCN(C(=O)CN2CCOCC2)CC1. The standard InChI is InChI=1S/C21H30N4O3/c26-19(16-23-12-14-28-15-13-23)24-8-10-25(11-9-24)20(17-4-2-1-3-5-17)21(27)22-18-6-7-18/h1-5,18,20H,6-16H2,(H,22,27). The molecule has 0 aromatic heterocycles. The third kappa shape index (κ3) is 4.90. The van der Waals surface area contributed by atoms with Crippen LogP contribution < -0.4 is 5.32 Å². The van der Waals surface area contributed by atoms with Crippen molar-refractivity contribution in [2.75, 3.05) is 59.0 Å². The molecule has 0 bridgehead atoms. The van der Waals surface area contributed by atoms with Crippen LogP contribution in [0.15, 0.2) is 30.3 Å². The molecule has 0 radical (unpaired) electrons. The molecule has 2 aliphatic heterocycles. The Morgan fingerprint density at radius 3 is 2.32 bits per heavy atom. The second kappa shape index (κ2) is 9.03. The lowest BCUT2D eigenvalue weighted by molar-refractivity contribution is -0.136. The molecular weight excluding hydrogens is 356 g/mol. The minimum absolute atomic E-state index is 0.0850. The predicted molar refractivity (Wildman–Crippen MR) is 106 cm³/mol. The third-order valence-electron chi connectivity index (χ3n) is 5.78. The lowest BCUT2D eigenvalue weighted by Gasteiger charge is -2.39. The summed E-state index contributed by atoms with van der Waals surface area (Å²) in [6.45, 7) is 6.29. The van der Waals surface area contributed by atoms with Gasteiger partial charge in [-0.25, -0.2) is 0 Å². The Bertz CT molecular complexity index is 665. The van der Waals surface area contributed by atoms with Crippen LogP contribution in [0.2, 0.25) is 0 Å². The van der Waals surface area contributed by atoms with Gasteiger partial charge >= 0.3 is 0 Å². The average molecular weight is 386 g/mol. The molecule has 3 fully saturated rings. The third-order valence-corrected chi connectivity index (χ3v) is 5.78. The van der Waals surface area contributed by atoms with E-state index in [4.69, 9.17) is 4.74 Å². The number of rotatable bonds is 6. The summed E-state index contributed by atoms with van der Waals surface area (Å²) in [4.78, 5) is 31.9. The smallest absolute Gasteiger partial charge is 0.242 e. The number of morpholine rings is 1. The summed E-state index contributed by atoms with van der Waals surface area (Å²) < 4.78 is 5.35. The van der Waals surface area contributed by atoms with Gasteiger partial charge in [0.2, 0.25) is 11.8 Å². The highest BCUT2D eigenvalue weighted by atomic mass is 16.5. The van der Waals surface area contributed by atoms with Crippen LogP contribution in [0.5, 0.6) is 0 Å². The predicted octanol–water partition coefficient (Wildman–Crippen LogP) is 0.483. The quantitative estimate of drug-likeness (QED) is 0.771. The Morgan fingerprint density at radius 1 is 1.00 bits per heavy atom. The van der Waals surface area contributed by atoms with Crippen molar-refractivity contribution in [2.45, 2.75) is 24.9 Å². The molecule has 3 aliphatic rings. The van der Waals surface area contributed by atoms with Crippen molar-refractivity contribution in [3.8, 4) is 0 Å². The van der Waals surface area contributed by atoms with E-state index < -0.39 is 0 Å². The van der Waals surface area contributed by atoms with Gasteiger partial charge in [0.15, 0.2) is 0 Å². The van der Waals surface area contributed by atoms with E-state index in [1.54, 1.807) is 0 Å². The first-order valence-corrected chi connectivity index (χ1v) is 10.4. The number of nitrogens with one attached hydrogen (secondary N) is 1. The number of carbonyl (C=O) groups is 2. The fraction of sp³-hybridized carbons (Fsp3) is 0.619. The summed E-state index contributed by atoms with van der Waals surface area (Å²) in [7, 11) is 0. The minimum Gasteiger partial charge on any atom is -0.379 e. The zero-order valence-electron chi connectivity index (χ0n) is 16.4. The van der Waals surface area contributed by atoms with E-state index in [1.807, 2.05) is 35.2 Å². The Morgan fingerprint density at radius 2 is 1.68 bits per heavy atom. The number of piperazine rings is 1. The van der Waals surface area contributed by atoms with E-state index in [9.17, 15) is 9.59 Å². The monoisotopic (exact) mass is 386 g/mol. The van der Waals surface area contributed by atoms with Crippen LogP contribution in [-0.4, -0.2) is 91.6 Å². The van der Waals surface area contributed by atoms with E-state index in [0.29, 0.717) is 52.0 Å². The molecule has 7 nitrogen and oxygen atoms in total. The maximum Gasteiger partial charge on any atom is 0.242 e. The maximum absolute atomic E-state index is 12.9. The second-order valence-electron chi connectivity index (χ2n) is 7.90. The summed E-state index contributed by atoms with van der Waals surface area (Å²) in [5, 5.41) is 3.16. The molecule has 28 heavy (non-hydrogen) atoms. The molecule has 0 spiro atoms. The zero-order valence-corrected chi connectivity index (χ0v) is 16.4. The molecule has 1 atom stereocenters. The molecule has 2 amide bonds. The number of hydrogen-bond acceptors (Lipinski definition) is 5. The molecule has 4 rings (SSSR count). The van der Waals surface area contributed by atoms with Crippen molar-refractivity contribution >= 4 is 11.8 Å². The number of ether oxygens (including phenoxy) is 1. The van der Waals surface area contributed by atoms with Gasteiger partial charge in [-0.2, -0.15) is 0 Å². The molecule has 1 aliphatic carbocycles. The van der Waals surface area contributed by atoms with Gasteiger partial charge < -0.3 is 15.0 Å². The van der Waals surface area contributed by atoms with Gasteiger partial charge in [-0.05, 0) is 18.4 Å². The Balaban J connectivity index is 1.35. The molecule has 2 heterocycles. The topological polar surface area (TPSA) is 65.1 Å². The first-order chi connectivity index (χ1) is 13.7. The largest absolute Gasteiger partial charge is 0.379 e. The van der Waals surface area contributed by atoms with Gasteiger partial charge in [0.25, 0.3) is 0 Å². The molecule has 1 saturated carbocycles. The fourth-order valence-electron chi connectivity index (χ4n) is 3.95. The molecule has 1 N–H and O–H groups in total. The highest BCUT2D eigenvalue weighted by Gasteiger charge is 2.34. The van der Waals surface area contributed by atoms with Gasteiger partial charge in [0.1, 0.15) is 6.04 Å². The van der Waals surface area contributed by atoms with Crippen LogP contribution in [0.1, 0.15) is 24.4 Å². The van der Waals surface area contributed by atoms with Crippen molar-refractivity contribution in [1.29, 1.82) is 0 Å². The van der Waals surface area contributed by atoms with E-state index in [-0.39, 0.29) is 17.9 Å². The molecular formula is C21H30N4O3. The van der Waals surface area contributed by atoms with Crippen LogP contribution in [0, 0.1) is 0 Å². The highest BCUT2D eigenvalue weighted by Crippen LogP contribution is 2.26. The summed E-state index contributed by atoms with van der Waals surface area (Å²) >= 11 is 0.